The van der Waals surface area contributed by atoms with Crippen LogP contribution in [-0.4, -0.2) is 49.9 Å². The van der Waals surface area contributed by atoms with Crippen molar-refractivity contribution in [2.75, 3.05) is 33.2 Å². The van der Waals surface area contributed by atoms with E-state index in [4.69, 9.17) is 0 Å². The lowest BCUT2D eigenvalue weighted by Gasteiger charge is -2.34. The van der Waals surface area contributed by atoms with E-state index >= 15 is 0 Å². The molecule has 0 aliphatic carbocycles. The molecule has 0 aromatic heterocycles. The fourth-order valence-corrected chi connectivity index (χ4v) is 3.61. The first-order valence-corrected chi connectivity index (χ1v) is 8.32. The summed E-state index contributed by atoms with van der Waals surface area (Å²) in [5.74, 6) is 1.38. The van der Waals surface area contributed by atoms with Crippen LogP contribution in [-0.2, 0) is 9.59 Å². The maximum absolute atomic E-state index is 12.5. The molecule has 0 radical (unpaired) electrons. The average Bonchev–Trinajstić information content (AvgIpc) is 2.55. The molecular weight excluding hydrogens is 302 g/mol. The van der Waals surface area contributed by atoms with Gasteiger partial charge in [-0.05, 0) is 50.6 Å². The van der Waals surface area contributed by atoms with Gasteiger partial charge >= 0.3 is 0 Å². The molecule has 2 fully saturated rings. The van der Waals surface area contributed by atoms with E-state index in [9.17, 15) is 9.59 Å². The van der Waals surface area contributed by atoms with Gasteiger partial charge < -0.3 is 15.5 Å². The van der Waals surface area contributed by atoms with Crippen molar-refractivity contribution >= 4 is 24.2 Å². The van der Waals surface area contributed by atoms with Gasteiger partial charge in [-0.2, -0.15) is 0 Å². The van der Waals surface area contributed by atoms with E-state index < -0.39 is 0 Å². The largest absolute Gasteiger partial charge is 0.359 e. The number of carbonyl (C=O) groups is 2. The summed E-state index contributed by atoms with van der Waals surface area (Å²) in [5, 5.41) is 6.07. The molecule has 2 N–H and O–H groups in total. The Morgan fingerprint density at radius 3 is 2.59 bits per heavy atom. The van der Waals surface area contributed by atoms with Crippen LogP contribution in [0.5, 0.6) is 0 Å². The average molecular weight is 332 g/mol. The van der Waals surface area contributed by atoms with Gasteiger partial charge in [0.05, 0.1) is 5.92 Å². The van der Waals surface area contributed by atoms with Crippen LogP contribution < -0.4 is 10.6 Å². The van der Waals surface area contributed by atoms with E-state index in [0.717, 1.165) is 32.5 Å². The number of hydrogen-bond acceptors (Lipinski definition) is 3. The molecule has 2 aliphatic rings. The third-order valence-electron chi connectivity index (χ3n) is 5.08. The van der Waals surface area contributed by atoms with Crippen molar-refractivity contribution < 1.29 is 9.59 Å². The molecule has 0 aromatic rings. The zero-order valence-corrected chi connectivity index (χ0v) is 14.6. The Labute approximate surface area is 140 Å². The molecular formula is C16H30ClN3O2. The van der Waals surface area contributed by atoms with Crippen LogP contribution in [0.4, 0.5) is 0 Å². The third kappa shape index (κ3) is 5.13. The van der Waals surface area contributed by atoms with Crippen molar-refractivity contribution in [1.82, 2.24) is 15.5 Å². The van der Waals surface area contributed by atoms with E-state index in [1.807, 2.05) is 4.90 Å². The molecule has 2 unspecified atom stereocenters. The standard InChI is InChI=1S/C16H29N3O2.ClH/c1-12(13-5-7-18-8-6-13)10-15(20)19-9-3-4-14(11-19)16(21)17-2;/h12-14,18H,3-11H2,1-2H3,(H,17,21);1H. The quantitative estimate of drug-likeness (QED) is 0.819. The van der Waals surface area contributed by atoms with E-state index in [1.165, 1.54) is 12.8 Å². The first-order valence-electron chi connectivity index (χ1n) is 8.32. The molecule has 2 heterocycles. The molecule has 0 aromatic carbocycles. The van der Waals surface area contributed by atoms with Crippen LogP contribution in [0, 0.1) is 17.8 Å². The Kier molecular flexibility index (Phi) is 8.18. The maximum atomic E-state index is 12.5. The van der Waals surface area contributed by atoms with Crippen molar-refractivity contribution in [3.05, 3.63) is 0 Å². The van der Waals surface area contributed by atoms with Crippen LogP contribution in [0.25, 0.3) is 0 Å². The fourth-order valence-electron chi connectivity index (χ4n) is 3.61. The van der Waals surface area contributed by atoms with Crippen molar-refractivity contribution in [1.29, 1.82) is 0 Å². The summed E-state index contributed by atoms with van der Waals surface area (Å²) in [5.41, 5.74) is 0. The number of hydrogen-bond donors (Lipinski definition) is 2. The van der Waals surface area contributed by atoms with Gasteiger partial charge in [-0.1, -0.05) is 6.92 Å². The summed E-state index contributed by atoms with van der Waals surface area (Å²) in [6, 6.07) is 0. The molecule has 6 heteroatoms. The number of nitrogens with one attached hydrogen (secondary N) is 2. The topological polar surface area (TPSA) is 61.4 Å². The van der Waals surface area contributed by atoms with Gasteiger partial charge in [-0.3, -0.25) is 9.59 Å². The van der Waals surface area contributed by atoms with Gasteiger partial charge in [0.15, 0.2) is 0 Å². The van der Waals surface area contributed by atoms with Gasteiger partial charge in [0.25, 0.3) is 0 Å². The number of halogens is 1. The lowest BCUT2D eigenvalue weighted by molar-refractivity contribution is -0.136. The van der Waals surface area contributed by atoms with Gasteiger partial charge in [-0.15, -0.1) is 12.4 Å². The second-order valence-corrected chi connectivity index (χ2v) is 6.56. The predicted molar refractivity (Wildman–Crippen MR) is 90.0 cm³/mol. The molecule has 2 rings (SSSR count). The van der Waals surface area contributed by atoms with E-state index in [2.05, 4.69) is 17.6 Å². The van der Waals surface area contributed by atoms with E-state index in [0.29, 0.717) is 24.8 Å². The normalized spacial score (nSPS) is 24.3. The zero-order chi connectivity index (χ0) is 15.2. The van der Waals surface area contributed by atoms with E-state index in [-0.39, 0.29) is 30.1 Å². The second kappa shape index (κ2) is 9.36. The third-order valence-corrected chi connectivity index (χ3v) is 5.08. The number of likely N-dealkylation sites (tertiary alicyclic amines) is 1. The molecule has 2 atom stereocenters. The molecule has 2 saturated heterocycles. The Bertz CT molecular complexity index is 372. The van der Waals surface area contributed by atoms with Gasteiger partial charge in [0.1, 0.15) is 0 Å². The Morgan fingerprint density at radius 1 is 1.27 bits per heavy atom. The number of amides is 2. The highest BCUT2D eigenvalue weighted by atomic mass is 35.5. The molecule has 128 valence electrons. The van der Waals surface area contributed by atoms with Crippen molar-refractivity contribution in [2.45, 2.75) is 39.0 Å². The lowest BCUT2D eigenvalue weighted by Crippen LogP contribution is -2.45. The number of rotatable bonds is 4. The maximum Gasteiger partial charge on any atom is 0.224 e. The number of nitrogens with zero attached hydrogens (tertiary/aromatic N) is 1. The first-order chi connectivity index (χ1) is 10.1. The Morgan fingerprint density at radius 2 is 1.95 bits per heavy atom. The van der Waals surface area contributed by atoms with Crippen LogP contribution >= 0.6 is 12.4 Å². The fraction of sp³-hybridized carbons (Fsp3) is 0.875. The minimum atomic E-state index is -0.0260. The van der Waals surface area contributed by atoms with Crippen LogP contribution in [0.2, 0.25) is 0 Å². The zero-order valence-electron chi connectivity index (χ0n) is 13.8. The Hall–Kier alpha value is -0.810. The minimum Gasteiger partial charge on any atom is -0.359 e. The highest BCUT2D eigenvalue weighted by Crippen LogP contribution is 2.26. The van der Waals surface area contributed by atoms with Crippen LogP contribution in [0.1, 0.15) is 39.0 Å². The summed E-state index contributed by atoms with van der Waals surface area (Å²) < 4.78 is 0. The molecule has 2 amide bonds. The minimum absolute atomic E-state index is 0. The monoisotopic (exact) mass is 331 g/mol. The summed E-state index contributed by atoms with van der Waals surface area (Å²) in [4.78, 5) is 26.1. The van der Waals surface area contributed by atoms with E-state index in [1.54, 1.807) is 7.05 Å². The second-order valence-electron chi connectivity index (χ2n) is 6.56. The summed E-state index contributed by atoms with van der Waals surface area (Å²) in [7, 11) is 1.67. The summed E-state index contributed by atoms with van der Waals surface area (Å²) in [6.45, 7) is 5.76. The molecule has 22 heavy (non-hydrogen) atoms. The molecule has 0 spiro atoms. The molecule has 2 aliphatic heterocycles. The highest BCUT2D eigenvalue weighted by Gasteiger charge is 2.29. The smallest absolute Gasteiger partial charge is 0.224 e. The predicted octanol–water partition coefficient (Wildman–Crippen LogP) is 1.42. The molecule has 0 bridgehead atoms. The summed E-state index contributed by atoms with van der Waals surface area (Å²) in [6.07, 6.45) is 4.81. The lowest BCUT2D eigenvalue weighted by atomic mass is 9.83. The van der Waals surface area contributed by atoms with Crippen LogP contribution in [0.15, 0.2) is 0 Å². The number of piperidine rings is 2. The highest BCUT2D eigenvalue weighted by molar-refractivity contribution is 5.85. The van der Waals surface area contributed by atoms with Gasteiger partial charge in [-0.25, -0.2) is 0 Å². The van der Waals surface area contributed by atoms with Crippen molar-refractivity contribution in [3.8, 4) is 0 Å². The SMILES string of the molecule is CNC(=O)C1CCCN(C(=O)CC(C)C2CCNCC2)C1.Cl. The van der Waals surface area contributed by atoms with Gasteiger partial charge in [0.2, 0.25) is 11.8 Å². The number of carbonyl (C=O) groups excluding carboxylic acids is 2. The van der Waals surface area contributed by atoms with Crippen molar-refractivity contribution in [3.63, 3.8) is 0 Å². The van der Waals surface area contributed by atoms with Crippen LogP contribution in [0.3, 0.4) is 0 Å². The van der Waals surface area contributed by atoms with Crippen molar-refractivity contribution in [2.24, 2.45) is 17.8 Å². The van der Waals surface area contributed by atoms with Gasteiger partial charge in [0, 0.05) is 26.6 Å². The summed E-state index contributed by atoms with van der Waals surface area (Å²) >= 11 is 0. The molecule has 0 saturated carbocycles. The molecule has 5 nitrogen and oxygen atoms in total. The first kappa shape index (κ1) is 19.2. The Balaban J connectivity index is 0.00000242.